The van der Waals surface area contributed by atoms with Crippen LogP contribution in [0.5, 0.6) is 0 Å². The van der Waals surface area contributed by atoms with Crippen molar-refractivity contribution in [2.75, 3.05) is 5.73 Å². The molecule has 0 saturated carbocycles. The molecule has 0 radical (unpaired) electrons. The maximum atomic E-state index is 5.33. The van der Waals surface area contributed by atoms with Crippen molar-refractivity contribution in [2.24, 2.45) is 0 Å². The first-order chi connectivity index (χ1) is 6.83. The van der Waals surface area contributed by atoms with Gasteiger partial charge in [-0.25, -0.2) is 0 Å². The molecule has 1 rings (SSSR count). The van der Waals surface area contributed by atoms with Gasteiger partial charge in [-0.3, -0.25) is 0 Å². The number of aryl methyl sites for hydroxylation is 1. The molecule has 0 atom stereocenters. The van der Waals surface area contributed by atoms with Crippen LogP contribution in [0.15, 0.2) is 4.52 Å². The van der Waals surface area contributed by atoms with E-state index in [1.54, 1.807) is 0 Å². The molecule has 2 N–H and O–H groups in total. The molecule has 0 aliphatic heterocycles. The van der Waals surface area contributed by atoms with Crippen molar-refractivity contribution < 1.29 is 4.52 Å². The summed E-state index contributed by atoms with van der Waals surface area (Å²) >= 11 is 0. The molecule has 0 aliphatic rings. The maximum absolute atomic E-state index is 5.33. The minimum absolute atomic E-state index is 0.242. The number of aromatic nitrogens is 2. The van der Waals surface area contributed by atoms with Crippen molar-refractivity contribution in [3.8, 4) is 0 Å². The first-order valence-electron chi connectivity index (χ1n) is 5.41. The molecule has 1 aromatic heterocycles. The fraction of sp³-hybridized carbons (Fsp3) is 0.800. The second-order valence-electron chi connectivity index (χ2n) is 3.56. The van der Waals surface area contributed by atoms with Gasteiger partial charge in [-0.1, -0.05) is 39.0 Å². The smallest absolute Gasteiger partial charge is 0.260 e. The molecule has 4 heteroatoms. The highest BCUT2D eigenvalue weighted by atomic mass is 16.5. The van der Waals surface area contributed by atoms with Gasteiger partial charge >= 0.3 is 0 Å². The number of nitrogen functional groups attached to an aromatic ring is 1. The van der Waals surface area contributed by atoms with Crippen LogP contribution in [-0.2, 0) is 6.42 Å². The highest BCUT2D eigenvalue weighted by Crippen LogP contribution is 2.08. The van der Waals surface area contributed by atoms with E-state index >= 15 is 0 Å². The number of hydrogen-bond acceptors (Lipinski definition) is 4. The second kappa shape index (κ2) is 6.40. The Morgan fingerprint density at radius 1 is 1.14 bits per heavy atom. The molecule has 0 bridgehead atoms. The van der Waals surface area contributed by atoms with E-state index < -0.39 is 0 Å². The van der Waals surface area contributed by atoms with Crippen LogP contribution in [0.4, 0.5) is 5.95 Å². The van der Waals surface area contributed by atoms with Crippen molar-refractivity contribution in [1.82, 2.24) is 10.1 Å². The molecule has 0 unspecified atom stereocenters. The molecule has 0 fully saturated rings. The Hall–Kier alpha value is -1.06. The average Bonchev–Trinajstić information content (AvgIpc) is 2.58. The van der Waals surface area contributed by atoms with Crippen LogP contribution in [-0.4, -0.2) is 10.1 Å². The Kier molecular flexibility index (Phi) is 5.04. The van der Waals surface area contributed by atoms with Crippen LogP contribution in [0.3, 0.4) is 0 Å². The highest BCUT2D eigenvalue weighted by molar-refractivity contribution is 5.10. The van der Waals surface area contributed by atoms with Crippen LogP contribution in [0.25, 0.3) is 0 Å². The number of hydrogen-bond donors (Lipinski definition) is 1. The monoisotopic (exact) mass is 197 g/mol. The zero-order chi connectivity index (χ0) is 10.2. The van der Waals surface area contributed by atoms with Crippen LogP contribution < -0.4 is 5.73 Å². The predicted octanol–water partition coefficient (Wildman–Crippen LogP) is 2.55. The summed E-state index contributed by atoms with van der Waals surface area (Å²) in [7, 11) is 0. The third-order valence-corrected chi connectivity index (χ3v) is 2.23. The summed E-state index contributed by atoms with van der Waals surface area (Å²) in [5.74, 6) is 0.906. The van der Waals surface area contributed by atoms with Gasteiger partial charge in [-0.05, 0) is 11.6 Å². The van der Waals surface area contributed by atoms with Gasteiger partial charge in [0.05, 0.1) is 0 Å². The van der Waals surface area contributed by atoms with E-state index in [0.717, 1.165) is 12.8 Å². The molecule has 80 valence electrons. The number of nitrogens with zero attached hydrogens (tertiary/aromatic N) is 2. The molecule has 1 aromatic rings. The molecule has 4 nitrogen and oxygen atoms in total. The largest absolute Gasteiger partial charge is 0.365 e. The molecular weight excluding hydrogens is 178 g/mol. The third-order valence-electron chi connectivity index (χ3n) is 2.23. The fourth-order valence-electron chi connectivity index (χ4n) is 1.43. The molecule has 0 aromatic carbocycles. The Morgan fingerprint density at radius 3 is 2.50 bits per heavy atom. The molecule has 0 amide bonds. The summed E-state index contributed by atoms with van der Waals surface area (Å²) in [4.78, 5) is 3.94. The molecule has 1 heterocycles. The van der Waals surface area contributed by atoms with Crippen molar-refractivity contribution in [2.45, 2.75) is 51.9 Å². The standard InChI is InChI=1S/C10H19N3O/c1-2-3-4-5-6-7-8-9-12-10(11)13-14-9/h2-8H2,1H3,(H2,11,13). The lowest BCUT2D eigenvalue weighted by atomic mass is 10.1. The number of anilines is 1. The molecule has 14 heavy (non-hydrogen) atoms. The Morgan fingerprint density at radius 2 is 1.86 bits per heavy atom. The van der Waals surface area contributed by atoms with E-state index in [2.05, 4.69) is 17.1 Å². The average molecular weight is 197 g/mol. The quantitative estimate of drug-likeness (QED) is 0.682. The topological polar surface area (TPSA) is 64.9 Å². The first kappa shape index (κ1) is 11.0. The summed E-state index contributed by atoms with van der Waals surface area (Å²) in [6.07, 6.45) is 8.48. The Bertz CT molecular complexity index is 247. The van der Waals surface area contributed by atoms with Crippen LogP contribution >= 0.6 is 0 Å². The maximum Gasteiger partial charge on any atom is 0.260 e. The van der Waals surface area contributed by atoms with Crippen molar-refractivity contribution in [3.05, 3.63) is 5.89 Å². The van der Waals surface area contributed by atoms with Crippen molar-refractivity contribution in [3.63, 3.8) is 0 Å². The third kappa shape index (κ3) is 4.25. The zero-order valence-electron chi connectivity index (χ0n) is 8.83. The summed E-state index contributed by atoms with van der Waals surface area (Å²) in [6, 6.07) is 0. The van der Waals surface area contributed by atoms with Crippen molar-refractivity contribution in [1.29, 1.82) is 0 Å². The van der Waals surface area contributed by atoms with Gasteiger partial charge in [0.1, 0.15) is 0 Å². The second-order valence-corrected chi connectivity index (χ2v) is 3.56. The van der Waals surface area contributed by atoms with Crippen LogP contribution in [0.2, 0.25) is 0 Å². The molecule has 0 saturated heterocycles. The van der Waals surface area contributed by atoms with E-state index in [0.29, 0.717) is 5.89 Å². The zero-order valence-corrected chi connectivity index (χ0v) is 8.83. The summed E-state index contributed by atoms with van der Waals surface area (Å²) < 4.78 is 4.91. The van der Waals surface area contributed by atoms with E-state index in [-0.39, 0.29) is 5.95 Å². The SMILES string of the molecule is CCCCCCCCc1nc(N)no1. The van der Waals surface area contributed by atoms with Crippen LogP contribution in [0.1, 0.15) is 51.3 Å². The minimum atomic E-state index is 0.242. The predicted molar refractivity (Wildman–Crippen MR) is 55.8 cm³/mol. The molecular formula is C10H19N3O. The summed E-state index contributed by atoms with van der Waals surface area (Å²) in [5.41, 5.74) is 5.33. The lowest BCUT2D eigenvalue weighted by molar-refractivity contribution is 0.374. The van der Waals surface area contributed by atoms with E-state index in [1.165, 1.54) is 32.1 Å². The van der Waals surface area contributed by atoms with Gasteiger partial charge < -0.3 is 10.3 Å². The minimum Gasteiger partial charge on any atom is -0.365 e. The van der Waals surface area contributed by atoms with Gasteiger partial charge in [0.25, 0.3) is 5.95 Å². The number of nitrogens with two attached hydrogens (primary N) is 1. The van der Waals surface area contributed by atoms with E-state index in [9.17, 15) is 0 Å². The van der Waals surface area contributed by atoms with Crippen molar-refractivity contribution >= 4 is 5.95 Å². The number of rotatable bonds is 7. The van der Waals surface area contributed by atoms with Gasteiger partial charge in [-0.15, -0.1) is 0 Å². The lowest BCUT2D eigenvalue weighted by Crippen LogP contribution is -1.89. The van der Waals surface area contributed by atoms with Gasteiger partial charge in [0.15, 0.2) is 0 Å². The van der Waals surface area contributed by atoms with E-state index in [1.807, 2.05) is 0 Å². The van der Waals surface area contributed by atoms with Crippen LogP contribution in [0, 0.1) is 0 Å². The molecule has 0 aliphatic carbocycles. The van der Waals surface area contributed by atoms with Gasteiger partial charge in [-0.2, -0.15) is 4.98 Å². The fourth-order valence-corrected chi connectivity index (χ4v) is 1.43. The summed E-state index contributed by atoms with van der Waals surface area (Å²) in [5, 5.41) is 3.54. The highest BCUT2D eigenvalue weighted by Gasteiger charge is 2.01. The first-order valence-corrected chi connectivity index (χ1v) is 5.41. The lowest BCUT2D eigenvalue weighted by Gasteiger charge is -1.97. The number of unbranched alkanes of at least 4 members (excludes halogenated alkanes) is 5. The Labute approximate surface area is 84.9 Å². The van der Waals surface area contributed by atoms with Gasteiger partial charge in [0, 0.05) is 6.42 Å². The summed E-state index contributed by atoms with van der Waals surface area (Å²) in [6.45, 7) is 2.22. The normalized spacial score (nSPS) is 10.6. The Balaban J connectivity index is 1.99. The van der Waals surface area contributed by atoms with E-state index in [4.69, 9.17) is 10.3 Å². The van der Waals surface area contributed by atoms with Gasteiger partial charge in [0.2, 0.25) is 5.89 Å². The molecule has 0 spiro atoms.